The van der Waals surface area contributed by atoms with E-state index in [0.29, 0.717) is 6.04 Å². The molecule has 3 heteroatoms. The molecule has 1 atom stereocenters. The van der Waals surface area contributed by atoms with Crippen LogP contribution in [-0.2, 0) is 0 Å². The van der Waals surface area contributed by atoms with Gasteiger partial charge in [0.1, 0.15) is 0 Å². The summed E-state index contributed by atoms with van der Waals surface area (Å²) in [6.07, 6.45) is 1.16. The van der Waals surface area contributed by atoms with Gasteiger partial charge in [0, 0.05) is 20.3 Å². The quantitative estimate of drug-likeness (QED) is 0.678. The topological polar surface area (TPSA) is 12.0 Å². The molecule has 2 aromatic carbocycles. The average Bonchev–Trinajstić information content (AvgIpc) is 2.47. The first-order chi connectivity index (χ1) is 10.1. The minimum atomic E-state index is 0.373. The first-order valence-electron chi connectivity index (χ1n) is 7.37. The summed E-state index contributed by atoms with van der Waals surface area (Å²) in [5.41, 5.74) is 2.61. The maximum Gasteiger partial charge on any atom is 0.0302 e. The van der Waals surface area contributed by atoms with Gasteiger partial charge in [-0.1, -0.05) is 58.4 Å². The second kappa shape index (κ2) is 8.02. The monoisotopic (exact) mass is 363 g/mol. The molecule has 2 rings (SSSR count). The van der Waals surface area contributed by atoms with Crippen LogP contribution in [-0.4, -0.2) is 6.54 Å². The number of hydrogen-bond acceptors (Lipinski definition) is 2. The van der Waals surface area contributed by atoms with Crippen molar-refractivity contribution in [3.05, 3.63) is 58.1 Å². The van der Waals surface area contributed by atoms with E-state index in [1.165, 1.54) is 25.4 Å². The SMILES string of the molecule is CCCNC(C)c1ccc(Sc2ccc(C)cc2)cc1Br. The second-order valence-electron chi connectivity index (χ2n) is 5.27. The van der Waals surface area contributed by atoms with Crippen LogP contribution < -0.4 is 5.32 Å². The molecule has 0 aromatic heterocycles. The maximum atomic E-state index is 3.71. The molecule has 0 spiro atoms. The van der Waals surface area contributed by atoms with Gasteiger partial charge in [-0.2, -0.15) is 0 Å². The lowest BCUT2D eigenvalue weighted by Gasteiger charge is -2.16. The van der Waals surface area contributed by atoms with Gasteiger partial charge in [0.25, 0.3) is 0 Å². The van der Waals surface area contributed by atoms with Crippen LogP contribution in [0.1, 0.15) is 37.4 Å². The van der Waals surface area contributed by atoms with Gasteiger partial charge in [0.15, 0.2) is 0 Å². The third-order valence-electron chi connectivity index (χ3n) is 3.40. The van der Waals surface area contributed by atoms with E-state index in [0.717, 1.165) is 13.0 Å². The zero-order chi connectivity index (χ0) is 15.2. The summed E-state index contributed by atoms with van der Waals surface area (Å²) >= 11 is 5.51. The predicted octanol–water partition coefficient (Wildman–Crippen LogP) is 5.97. The molecule has 0 heterocycles. The van der Waals surface area contributed by atoms with E-state index in [9.17, 15) is 0 Å². The molecule has 21 heavy (non-hydrogen) atoms. The minimum absolute atomic E-state index is 0.373. The van der Waals surface area contributed by atoms with Gasteiger partial charge in [-0.15, -0.1) is 0 Å². The molecule has 112 valence electrons. The molecule has 0 aliphatic rings. The lowest BCUT2D eigenvalue weighted by atomic mass is 10.1. The van der Waals surface area contributed by atoms with Gasteiger partial charge >= 0.3 is 0 Å². The fourth-order valence-electron chi connectivity index (χ4n) is 2.14. The van der Waals surface area contributed by atoms with Crippen molar-refractivity contribution in [2.24, 2.45) is 0 Å². The van der Waals surface area contributed by atoms with Crippen LogP contribution in [0.5, 0.6) is 0 Å². The summed E-state index contributed by atoms with van der Waals surface area (Å²) < 4.78 is 1.18. The van der Waals surface area contributed by atoms with E-state index >= 15 is 0 Å². The number of aryl methyl sites for hydroxylation is 1. The Morgan fingerprint density at radius 2 is 1.76 bits per heavy atom. The van der Waals surface area contributed by atoms with Crippen molar-refractivity contribution in [3.63, 3.8) is 0 Å². The zero-order valence-electron chi connectivity index (χ0n) is 12.8. The van der Waals surface area contributed by atoms with Crippen molar-refractivity contribution in [1.29, 1.82) is 0 Å². The van der Waals surface area contributed by atoms with Crippen LogP contribution in [0.3, 0.4) is 0 Å². The Labute approximate surface area is 140 Å². The van der Waals surface area contributed by atoms with E-state index < -0.39 is 0 Å². The third-order valence-corrected chi connectivity index (χ3v) is 5.08. The highest BCUT2D eigenvalue weighted by molar-refractivity contribution is 9.10. The predicted molar refractivity (Wildman–Crippen MR) is 96.2 cm³/mol. The molecule has 0 bridgehead atoms. The van der Waals surface area contributed by atoms with Crippen molar-refractivity contribution >= 4 is 27.7 Å². The van der Waals surface area contributed by atoms with Crippen molar-refractivity contribution in [3.8, 4) is 0 Å². The number of nitrogens with one attached hydrogen (secondary N) is 1. The molecule has 0 aliphatic heterocycles. The standard InChI is InChI=1S/C18H22BrNS/c1-4-11-20-14(3)17-10-9-16(12-18(17)19)21-15-7-5-13(2)6-8-15/h5-10,12,14,20H,4,11H2,1-3H3. The highest BCUT2D eigenvalue weighted by Crippen LogP contribution is 2.33. The summed E-state index contributed by atoms with van der Waals surface area (Å²) in [4.78, 5) is 2.54. The molecule has 0 amide bonds. The van der Waals surface area contributed by atoms with Gasteiger partial charge in [-0.05, 0) is 56.6 Å². The highest BCUT2D eigenvalue weighted by Gasteiger charge is 2.09. The van der Waals surface area contributed by atoms with E-state index in [1.54, 1.807) is 11.8 Å². The van der Waals surface area contributed by atoms with Gasteiger partial charge in [-0.25, -0.2) is 0 Å². The van der Waals surface area contributed by atoms with Crippen LogP contribution >= 0.6 is 27.7 Å². The van der Waals surface area contributed by atoms with Gasteiger partial charge in [0.05, 0.1) is 0 Å². The Hall–Kier alpha value is -0.770. The van der Waals surface area contributed by atoms with Crippen molar-refractivity contribution in [1.82, 2.24) is 5.32 Å². The third kappa shape index (κ3) is 4.87. The first kappa shape index (κ1) is 16.6. The van der Waals surface area contributed by atoms with Crippen molar-refractivity contribution in [2.75, 3.05) is 6.54 Å². The van der Waals surface area contributed by atoms with Crippen molar-refractivity contribution in [2.45, 2.75) is 43.0 Å². The van der Waals surface area contributed by atoms with Gasteiger partial charge in [0.2, 0.25) is 0 Å². The molecule has 0 radical (unpaired) electrons. The molecule has 2 aromatic rings. The number of halogens is 1. The highest BCUT2D eigenvalue weighted by atomic mass is 79.9. The Morgan fingerprint density at radius 3 is 2.38 bits per heavy atom. The summed E-state index contributed by atoms with van der Waals surface area (Å²) in [5.74, 6) is 0. The van der Waals surface area contributed by atoms with Crippen LogP contribution in [0, 0.1) is 6.92 Å². The number of rotatable bonds is 6. The van der Waals surface area contributed by atoms with Gasteiger partial charge < -0.3 is 5.32 Å². The summed E-state index contributed by atoms with van der Waals surface area (Å²) in [6.45, 7) is 7.57. The Morgan fingerprint density at radius 1 is 1.10 bits per heavy atom. The molecule has 1 N–H and O–H groups in total. The summed E-state index contributed by atoms with van der Waals surface area (Å²) in [7, 11) is 0. The lowest BCUT2D eigenvalue weighted by molar-refractivity contribution is 0.568. The molecule has 0 saturated carbocycles. The molecule has 0 aliphatic carbocycles. The minimum Gasteiger partial charge on any atom is -0.310 e. The molecule has 1 unspecified atom stereocenters. The number of benzene rings is 2. The Balaban J connectivity index is 2.09. The zero-order valence-corrected chi connectivity index (χ0v) is 15.2. The fourth-order valence-corrected chi connectivity index (χ4v) is 3.87. The van der Waals surface area contributed by atoms with E-state index in [1.807, 2.05) is 0 Å². The van der Waals surface area contributed by atoms with Crippen LogP contribution in [0.2, 0.25) is 0 Å². The first-order valence-corrected chi connectivity index (χ1v) is 8.98. The summed E-state index contributed by atoms with van der Waals surface area (Å²) in [6, 6.07) is 15.7. The fraction of sp³-hybridized carbons (Fsp3) is 0.333. The number of hydrogen-bond donors (Lipinski definition) is 1. The van der Waals surface area contributed by atoms with Crippen LogP contribution in [0.15, 0.2) is 56.7 Å². The van der Waals surface area contributed by atoms with E-state index in [4.69, 9.17) is 0 Å². The molecular formula is C18H22BrNS. The van der Waals surface area contributed by atoms with Gasteiger partial charge in [-0.3, -0.25) is 0 Å². The largest absolute Gasteiger partial charge is 0.310 e. The average molecular weight is 364 g/mol. The molecule has 0 saturated heterocycles. The molecular weight excluding hydrogens is 342 g/mol. The van der Waals surface area contributed by atoms with E-state index in [2.05, 4.69) is 84.5 Å². The normalized spacial score (nSPS) is 12.4. The van der Waals surface area contributed by atoms with Crippen LogP contribution in [0.25, 0.3) is 0 Å². The Bertz CT molecular complexity index is 580. The Kier molecular flexibility index (Phi) is 6.34. The lowest BCUT2D eigenvalue weighted by Crippen LogP contribution is -2.19. The molecule has 1 nitrogen and oxygen atoms in total. The summed E-state index contributed by atoms with van der Waals surface area (Å²) in [5, 5.41) is 3.53. The maximum absolute atomic E-state index is 3.71. The van der Waals surface area contributed by atoms with E-state index in [-0.39, 0.29) is 0 Å². The molecule has 0 fully saturated rings. The van der Waals surface area contributed by atoms with Crippen LogP contribution in [0.4, 0.5) is 0 Å². The van der Waals surface area contributed by atoms with Crippen molar-refractivity contribution < 1.29 is 0 Å². The second-order valence-corrected chi connectivity index (χ2v) is 7.28. The smallest absolute Gasteiger partial charge is 0.0302 e.